The Morgan fingerprint density at radius 2 is 1.86 bits per heavy atom. The Morgan fingerprint density at radius 3 is 2.52 bits per heavy atom. The summed E-state index contributed by atoms with van der Waals surface area (Å²) >= 11 is 0. The number of hydrogen-bond donors (Lipinski definition) is 1. The van der Waals surface area contributed by atoms with Crippen molar-refractivity contribution in [3.8, 4) is 0 Å². The van der Waals surface area contributed by atoms with E-state index in [-0.39, 0.29) is 11.9 Å². The maximum Gasteiger partial charge on any atom is 0.128 e. The van der Waals surface area contributed by atoms with Crippen LogP contribution in [0, 0.1) is 5.82 Å². The first-order valence-corrected chi connectivity index (χ1v) is 7.34. The predicted molar refractivity (Wildman–Crippen MR) is 86.9 cm³/mol. The smallest absolute Gasteiger partial charge is 0.128 e. The minimum atomic E-state index is -0.152. The molecule has 2 rings (SSSR count). The molecule has 0 heterocycles. The van der Waals surface area contributed by atoms with Crippen LogP contribution in [0.3, 0.4) is 0 Å². The van der Waals surface area contributed by atoms with Crippen molar-refractivity contribution >= 4 is 5.69 Å². The number of rotatable bonds is 6. The second-order valence-electron chi connectivity index (χ2n) is 5.56. The number of benzene rings is 2. The van der Waals surface area contributed by atoms with E-state index in [1.165, 1.54) is 11.6 Å². The van der Waals surface area contributed by atoms with Gasteiger partial charge in [-0.1, -0.05) is 37.3 Å². The third-order valence-corrected chi connectivity index (χ3v) is 3.46. The summed E-state index contributed by atoms with van der Waals surface area (Å²) in [5.41, 5.74) is 3.00. The second kappa shape index (κ2) is 7.23. The molecule has 2 aromatic carbocycles. The molecule has 2 nitrogen and oxygen atoms in total. The lowest BCUT2D eigenvalue weighted by Gasteiger charge is -2.20. The van der Waals surface area contributed by atoms with Crippen LogP contribution in [0.15, 0.2) is 48.5 Å². The van der Waals surface area contributed by atoms with Crippen molar-refractivity contribution in [3.63, 3.8) is 0 Å². The van der Waals surface area contributed by atoms with Gasteiger partial charge in [0.05, 0.1) is 6.04 Å². The molecule has 1 N–H and O–H groups in total. The highest BCUT2D eigenvalue weighted by molar-refractivity contribution is 5.48. The molecule has 112 valence electrons. The molecule has 21 heavy (non-hydrogen) atoms. The van der Waals surface area contributed by atoms with E-state index in [1.807, 2.05) is 38.4 Å². The molecule has 1 unspecified atom stereocenters. The van der Waals surface area contributed by atoms with Gasteiger partial charge in [-0.2, -0.15) is 0 Å². The first-order valence-electron chi connectivity index (χ1n) is 7.34. The van der Waals surface area contributed by atoms with Crippen LogP contribution >= 0.6 is 0 Å². The maximum absolute atomic E-state index is 13.9. The Balaban J connectivity index is 2.17. The Bertz CT molecular complexity index is 581. The fourth-order valence-corrected chi connectivity index (χ4v) is 2.48. The first-order chi connectivity index (χ1) is 10.1. The van der Waals surface area contributed by atoms with Crippen LogP contribution in [0.4, 0.5) is 10.1 Å². The Kier molecular flexibility index (Phi) is 5.34. The lowest BCUT2D eigenvalue weighted by molar-refractivity contribution is 0.402. The maximum atomic E-state index is 13.9. The van der Waals surface area contributed by atoms with Crippen molar-refractivity contribution in [1.82, 2.24) is 4.90 Å². The van der Waals surface area contributed by atoms with E-state index in [0.717, 1.165) is 24.2 Å². The molecule has 0 radical (unpaired) electrons. The standard InChI is InChI=1S/C18H23FN2/c1-4-18(16-10-5-6-11-17(16)19)20-15-9-7-8-14(12-15)13-21(2)3/h5-12,18,20H,4,13H2,1-3H3. The van der Waals surface area contributed by atoms with Gasteiger partial charge in [0.1, 0.15) is 5.82 Å². The van der Waals surface area contributed by atoms with Gasteiger partial charge in [-0.3, -0.25) is 0 Å². The minimum Gasteiger partial charge on any atom is -0.378 e. The summed E-state index contributed by atoms with van der Waals surface area (Å²) in [6.45, 7) is 2.96. The SMILES string of the molecule is CCC(Nc1cccc(CN(C)C)c1)c1ccccc1F. The summed E-state index contributed by atoms with van der Waals surface area (Å²) in [5, 5.41) is 3.44. The summed E-state index contributed by atoms with van der Waals surface area (Å²) < 4.78 is 13.9. The molecule has 2 aromatic rings. The van der Waals surface area contributed by atoms with Crippen molar-refractivity contribution in [2.45, 2.75) is 25.9 Å². The van der Waals surface area contributed by atoms with E-state index in [1.54, 1.807) is 6.07 Å². The summed E-state index contributed by atoms with van der Waals surface area (Å²) in [6, 6.07) is 15.3. The fourth-order valence-electron chi connectivity index (χ4n) is 2.48. The topological polar surface area (TPSA) is 15.3 Å². The number of halogens is 1. The third kappa shape index (κ3) is 4.30. The molecule has 3 heteroatoms. The summed E-state index contributed by atoms with van der Waals surface area (Å²) in [6.07, 6.45) is 0.832. The number of anilines is 1. The van der Waals surface area contributed by atoms with Gasteiger partial charge in [0.15, 0.2) is 0 Å². The highest BCUT2D eigenvalue weighted by atomic mass is 19.1. The van der Waals surface area contributed by atoms with Crippen LogP contribution in [-0.4, -0.2) is 19.0 Å². The van der Waals surface area contributed by atoms with Crippen LogP contribution in [0.1, 0.15) is 30.5 Å². The molecule has 0 bridgehead atoms. The number of nitrogens with one attached hydrogen (secondary N) is 1. The molecule has 0 amide bonds. The predicted octanol–water partition coefficient (Wildman–Crippen LogP) is 4.45. The monoisotopic (exact) mass is 286 g/mol. The van der Waals surface area contributed by atoms with Crippen LogP contribution < -0.4 is 5.32 Å². The summed E-state index contributed by atoms with van der Waals surface area (Å²) in [7, 11) is 4.10. The lowest BCUT2D eigenvalue weighted by Crippen LogP contribution is -2.13. The van der Waals surface area contributed by atoms with Gasteiger partial charge in [-0.25, -0.2) is 4.39 Å². The number of hydrogen-bond acceptors (Lipinski definition) is 2. The Hall–Kier alpha value is -1.87. The molecular formula is C18H23FN2. The zero-order valence-electron chi connectivity index (χ0n) is 12.9. The van der Waals surface area contributed by atoms with Gasteiger partial charge < -0.3 is 10.2 Å². The van der Waals surface area contributed by atoms with E-state index < -0.39 is 0 Å². The third-order valence-electron chi connectivity index (χ3n) is 3.46. The van der Waals surface area contributed by atoms with E-state index in [4.69, 9.17) is 0 Å². The van der Waals surface area contributed by atoms with E-state index in [2.05, 4.69) is 29.3 Å². The summed E-state index contributed by atoms with van der Waals surface area (Å²) in [5.74, 6) is -0.152. The van der Waals surface area contributed by atoms with Crippen LogP contribution in [-0.2, 0) is 6.54 Å². The molecular weight excluding hydrogens is 263 g/mol. The molecule has 1 atom stereocenters. The number of nitrogens with zero attached hydrogens (tertiary/aromatic N) is 1. The van der Waals surface area contributed by atoms with Gasteiger partial charge in [-0.05, 0) is 44.3 Å². The van der Waals surface area contributed by atoms with Gasteiger partial charge in [0, 0.05) is 17.8 Å². The summed E-state index contributed by atoms with van der Waals surface area (Å²) in [4.78, 5) is 2.13. The van der Waals surface area contributed by atoms with E-state index >= 15 is 0 Å². The molecule has 0 saturated heterocycles. The van der Waals surface area contributed by atoms with Crippen molar-refractivity contribution in [3.05, 3.63) is 65.5 Å². The van der Waals surface area contributed by atoms with Crippen molar-refractivity contribution in [2.75, 3.05) is 19.4 Å². The van der Waals surface area contributed by atoms with Crippen molar-refractivity contribution in [2.24, 2.45) is 0 Å². The fraction of sp³-hybridized carbons (Fsp3) is 0.333. The van der Waals surface area contributed by atoms with E-state index in [0.29, 0.717) is 0 Å². The molecule has 0 aliphatic rings. The largest absolute Gasteiger partial charge is 0.378 e. The average molecular weight is 286 g/mol. The highest BCUT2D eigenvalue weighted by Crippen LogP contribution is 2.25. The molecule has 0 fully saturated rings. The van der Waals surface area contributed by atoms with Crippen molar-refractivity contribution < 1.29 is 4.39 Å². The average Bonchev–Trinajstić information content (AvgIpc) is 2.45. The van der Waals surface area contributed by atoms with Crippen LogP contribution in [0.5, 0.6) is 0 Å². The van der Waals surface area contributed by atoms with Gasteiger partial charge in [0.25, 0.3) is 0 Å². The lowest BCUT2D eigenvalue weighted by atomic mass is 10.0. The molecule has 0 aliphatic carbocycles. The first kappa shape index (κ1) is 15.5. The highest BCUT2D eigenvalue weighted by Gasteiger charge is 2.13. The molecule has 0 aromatic heterocycles. The Labute approximate surface area is 126 Å². The van der Waals surface area contributed by atoms with Gasteiger partial charge >= 0.3 is 0 Å². The van der Waals surface area contributed by atoms with Crippen molar-refractivity contribution in [1.29, 1.82) is 0 Å². The quantitative estimate of drug-likeness (QED) is 0.844. The normalized spacial score (nSPS) is 12.4. The van der Waals surface area contributed by atoms with Crippen LogP contribution in [0.2, 0.25) is 0 Å². The molecule has 0 saturated carbocycles. The molecule has 0 spiro atoms. The molecule has 0 aliphatic heterocycles. The Morgan fingerprint density at radius 1 is 1.10 bits per heavy atom. The van der Waals surface area contributed by atoms with Crippen LogP contribution in [0.25, 0.3) is 0 Å². The zero-order valence-corrected chi connectivity index (χ0v) is 12.9. The van der Waals surface area contributed by atoms with Gasteiger partial charge in [0.2, 0.25) is 0 Å². The zero-order chi connectivity index (χ0) is 15.2. The second-order valence-corrected chi connectivity index (χ2v) is 5.56. The minimum absolute atomic E-state index is 0.0131. The van der Waals surface area contributed by atoms with E-state index in [9.17, 15) is 4.39 Å². The van der Waals surface area contributed by atoms with Gasteiger partial charge in [-0.15, -0.1) is 0 Å².